The minimum atomic E-state index is -0.173. The van der Waals surface area contributed by atoms with Gasteiger partial charge in [0.05, 0.1) is 5.75 Å². The van der Waals surface area contributed by atoms with E-state index in [0.717, 1.165) is 23.3 Å². The highest BCUT2D eigenvalue weighted by atomic mass is 32.2. The van der Waals surface area contributed by atoms with Crippen LogP contribution in [0.4, 0.5) is 11.7 Å². The first-order chi connectivity index (χ1) is 10.1. The largest absolute Gasteiger partial charge is 0.408 e. The molecular weight excluding hydrogens is 288 g/mol. The predicted octanol–water partition coefficient (Wildman–Crippen LogP) is 2.57. The summed E-state index contributed by atoms with van der Waals surface area (Å²) in [5.74, 6) is 1.09. The van der Waals surface area contributed by atoms with Crippen LogP contribution in [-0.2, 0) is 4.79 Å². The van der Waals surface area contributed by atoms with Gasteiger partial charge in [-0.2, -0.15) is 0 Å². The number of amides is 1. The molecule has 1 fully saturated rings. The minimum absolute atomic E-state index is 0.173. The molecule has 3 N–H and O–H groups in total. The lowest BCUT2D eigenvalue weighted by Gasteiger charge is -2.06. The Labute approximate surface area is 126 Å². The molecule has 1 saturated carbocycles. The molecule has 0 bridgehead atoms. The highest BCUT2D eigenvalue weighted by Gasteiger charge is 2.29. The number of carbonyl (C=O) groups excluding carboxylic acids is 1. The van der Waals surface area contributed by atoms with Crippen LogP contribution in [0.2, 0.25) is 0 Å². The summed E-state index contributed by atoms with van der Waals surface area (Å²) in [5, 5.41) is 10.4. The Balaban J connectivity index is 1.54. The van der Waals surface area contributed by atoms with Crippen molar-refractivity contribution < 1.29 is 9.21 Å². The molecule has 1 aliphatic rings. The Morgan fingerprint density at radius 2 is 2.29 bits per heavy atom. The van der Waals surface area contributed by atoms with Gasteiger partial charge in [0.15, 0.2) is 0 Å². The quantitative estimate of drug-likeness (QED) is 0.651. The van der Waals surface area contributed by atoms with E-state index in [4.69, 9.17) is 10.2 Å². The molecule has 0 unspecified atom stereocenters. The number of aromatic nitrogens is 2. The fourth-order valence-corrected chi connectivity index (χ4v) is 2.73. The SMILES string of the molecule is Cc1ccc(N)cc1SCC(=O)Nc1nnc(C2CC2)o1. The van der Waals surface area contributed by atoms with Gasteiger partial charge in [0.1, 0.15) is 0 Å². The molecule has 110 valence electrons. The van der Waals surface area contributed by atoms with Crippen LogP contribution in [-0.4, -0.2) is 21.9 Å². The number of nitrogens with two attached hydrogens (primary N) is 1. The summed E-state index contributed by atoms with van der Waals surface area (Å²) in [4.78, 5) is 12.9. The third-order valence-electron chi connectivity index (χ3n) is 3.18. The van der Waals surface area contributed by atoms with Crippen LogP contribution in [0.15, 0.2) is 27.5 Å². The summed E-state index contributed by atoms with van der Waals surface area (Å²) < 4.78 is 5.39. The molecule has 0 atom stereocenters. The third-order valence-corrected chi connectivity index (χ3v) is 4.34. The molecule has 7 heteroatoms. The van der Waals surface area contributed by atoms with Crippen LogP contribution >= 0.6 is 11.8 Å². The van der Waals surface area contributed by atoms with Gasteiger partial charge >= 0.3 is 6.01 Å². The lowest BCUT2D eigenvalue weighted by molar-refractivity contribution is -0.113. The molecule has 6 nitrogen and oxygen atoms in total. The maximum atomic E-state index is 11.9. The molecule has 1 amide bonds. The first kappa shape index (κ1) is 13.9. The summed E-state index contributed by atoms with van der Waals surface area (Å²) in [6.07, 6.45) is 2.17. The number of nitrogens with zero attached hydrogens (tertiary/aromatic N) is 2. The molecule has 0 spiro atoms. The van der Waals surface area contributed by atoms with Gasteiger partial charge in [-0.1, -0.05) is 11.2 Å². The molecule has 1 aromatic carbocycles. The lowest BCUT2D eigenvalue weighted by atomic mass is 10.2. The molecule has 1 aliphatic carbocycles. The van der Waals surface area contributed by atoms with E-state index in [2.05, 4.69) is 15.5 Å². The summed E-state index contributed by atoms with van der Waals surface area (Å²) >= 11 is 1.43. The van der Waals surface area contributed by atoms with Gasteiger partial charge in [-0.15, -0.1) is 16.9 Å². The number of nitrogen functional groups attached to an aromatic ring is 1. The number of nitrogens with one attached hydrogen (secondary N) is 1. The average molecular weight is 304 g/mol. The van der Waals surface area contributed by atoms with Crippen molar-refractivity contribution in [3.05, 3.63) is 29.7 Å². The van der Waals surface area contributed by atoms with Crippen molar-refractivity contribution in [3.8, 4) is 0 Å². The second-order valence-corrected chi connectivity index (χ2v) is 6.10. The molecule has 0 saturated heterocycles. The van der Waals surface area contributed by atoms with Gasteiger partial charge < -0.3 is 10.2 Å². The molecule has 0 radical (unpaired) electrons. The number of rotatable bonds is 5. The Morgan fingerprint density at radius 3 is 3.05 bits per heavy atom. The van der Waals surface area contributed by atoms with E-state index in [1.165, 1.54) is 11.8 Å². The van der Waals surface area contributed by atoms with E-state index in [9.17, 15) is 4.79 Å². The number of benzene rings is 1. The molecule has 3 rings (SSSR count). The molecular formula is C14H16N4O2S. The number of hydrogen-bond acceptors (Lipinski definition) is 6. The first-order valence-corrected chi connectivity index (χ1v) is 7.72. The van der Waals surface area contributed by atoms with Crippen molar-refractivity contribution in [1.29, 1.82) is 0 Å². The van der Waals surface area contributed by atoms with Crippen molar-refractivity contribution >= 4 is 29.4 Å². The second-order valence-electron chi connectivity index (χ2n) is 5.08. The van der Waals surface area contributed by atoms with Gasteiger partial charge in [-0.25, -0.2) is 0 Å². The van der Waals surface area contributed by atoms with E-state index in [1.54, 1.807) is 0 Å². The van der Waals surface area contributed by atoms with Crippen LogP contribution in [0.25, 0.3) is 0 Å². The average Bonchev–Trinajstić information content (AvgIpc) is 3.21. The first-order valence-electron chi connectivity index (χ1n) is 6.74. The fraction of sp³-hybridized carbons (Fsp3) is 0.357. The molecule has 1 heterocycles. The number of thioether (sulfide) groups is 1. The van der Waals surface area contributed by atoms with E-state index in [-0.39, 0.29) is 17.7 Å². The highest BCUT2D eigenvalue weighted by Crippen LogP contribution is 2.39. The van der Waals surface area contributed by atoms with Gasteiger partial charge in [0, 0.05) is 16.5 Å². The summed E-state index contributed by atoms with van der Waals surface area (Å²) in [7, 11) is 0. The normalized spacial score (nSPS) is 14.1. The predicted molar refractivity (Wildman–Crippen MR) is 81.2 cm³/mol. The summed E-state index contributed by atoms with van der Waals surface area (Å²) in [5.41, 5.74) is 7.53. The monoisotopic (exact) mass is 304 g/mol. The topological polar surface area (TPSA) is 94.0 Å². The van der Waals surface area contributed by atoms with Gasteiger partial charge in [-0.05, 0) is 37.5 Å². The Kier molecular flexibility index (Phi) is 3.83. The Bertz CT molecular complexity index is 667. The molecule has 0 aliphatic heterocycles. The zero-order chi connectivity index (χ0) is 14.8. The van der Waals surface area contributed by atoms with Gasteiger partial charge in [0.2, 0.25) is 11.8 Å². The highest BCUT2D eigenvalue weighted by molar-refractivity contribution is 8.00. The third kappa shape index (κ3) is 3.55. The van der Waals surface area contributed by atoms with E-state index < -0.39 is 0 Å². The second kappa shape index (κ2) is 5.77. The van der Waals surface area contributed by atoms with Crippen LogP contribution in [0.5, 0.6) is 0 Å². The molecule has 21 heavy (non-hydrogen) atoms. The van der Waals surface area contributed by atoms with Crippen molar-refractivity contribution in [2.75, 3.05) is 16.8 Å². The van der Waals surface area contributed by atoms with Crippen LogP contribution in [0, 0.1) is 6.92 Å². The maximum Gasteiger partial charge on any atom is 0.322 e. The van der Waals surface area contributed by atoms with Crippen molar-refractivity contribution in [3.63, 3.8) is 0 Å². The van der Waals surface area contributed by atoms with E-state index in [1.807, 2.05) is 25.1 Å². The van der Waals surface area contributed by atoms with Crippen molar-refractivity contribution in [2.45, 2.75) is 30.6 Å². The lowest BCUT2D eigenvalue weighted by Crippen LogP contribution is -2.14. The fourth-order valence-electron chi connectivity index (χ4n) is 1.85. The summed E-state index contributed by atoms with van der Waals surface area (Å²) in [6, 6.07) is 5.82. The number of anilines is 2. The van der Waals surface area contributed by atoms with Crippen molar-refractivity contribution in [2.24, 2.45) is 0 Å². The zero-order valence-electron chi connectivity index (χ0n) is 11.6. The van der Waals surface area contributed by atoms with Crippen LogP contribution in [0.3, 0.4) is 0 Å². The molecule has 1 aromatic heterocycles. The Hall–Kier alpha value is -2.02. The number of carbonyl (C=O) groups is 1. The number of hydrogen-bond donors (Lipinski definition) is 2. The Morgan fingerprint density at radius 1 is 1.48 bits per heavy atom. The van der Waals surface area contributed by atoms with Crippen LogP contribution in [0.1, 0.15) is 30.2 Å². The van der Waals surface area contributed by atoms with E-state index in [0.29, 0.717) is 17.5 Å². The summed E-state index contributed by atoms with van der Waals surface area (Å²) in [6.45, 7) is 1.99. The molecule has 2 aromatic rings. The van der Waals surface area contributed by atoms with Crippen LogP contribution < -0.4 is 11.1 Å². The smallest absolute Gasteiger partial charge is 0.322 e. The van der Waals surface area contributed by atoms with E-state index >= 15 is 0 Å². The standard InChI is InChI=1S/C14H16N4O2S/c1-8-2-5-10(15)6-11(8)21-7-12(19)16-14-18-17-13(20-14)9-3-4-9/h2,5-6,9H,3-4,7,15H2,1H3,(H,16,18,19). The van der Waals surface area contributed by atoms with Gasteiger partial charge in [0.25, 0.3) is 0 Å². The minimum Gasteiger partial charge on any atom is -0.408 e. The zero-order valence-corrected chi connectivity index (χ0v) is 12.4. The van der Waals surface area contributed by atoms with Crippen molar-refractivity contribution in [1.82, 2.24) is 10.2 Å². The maximum absolute atomic E-state index is 11.9. The number of aryl methyl sites for hydroxylation is 1. The van der Waals surface area contributed by atoms with Gasteiger partial charge in [-0.3, -0.25) is 10.1 Å².